The van der Waals surface area contributed by atoms with Crippen LogP contribution >= 0.6 is 11.3 Å². The van der Waals surface area contributed by atoms with Gasteiger partial charge in [-0.25, -0.2) is 0 Å². The van der Waals surface area contributed by atoms with E-state index in [1.807, 2.05) is 65.2 Å². The van der Waals surface area contributed by atoms with E-state index in [-0.39, 0.29) is 18.2 Å². The average molecular weight is 414 g/mol. The molecule has 0 aliphatic rings. The van der Waals surface area contributed by atoms with E-state index in [9.17, 15) is 9.59 Å². The number of carbonyl (C=O) groups is 2. The van der Waals surface area contributed by atoms with Crippen molar-refractivity contribution in [3.05, 3.63) is 71.0 Å². The van der Waals surface area contributed by atoms with Gasteiger partial charge in [-0.1, -0.05) is 59.7 Å². The Hall–Kier alpha value is -3.69. The maximum atomic E-state index is 12.8. The molecule has 4 rings (SSSR count). The van der Waals surface area contributed by atoms with Gasteiger partial charge in [0.1, 0.15) is 0 Å². The number of nitrogens with zero attached hydrogens (tertiary/aromatic N) is 2. The summed E-state index contributed by atoms with van der Waals surface area (Å²) in [6.07, 6.45) is 5.75. The molecular weight excluding hydrogens is 394 g/mol. The number of fused-ring (bicyclic) bond motifs is 2. The molecule has 1 heterocycles. The van der Waals surface area contributed by atoms with E-state index in [1.54, 1.807) is 0 Å². The Kier molecular flexibility index (Phi) is 5.46. The summed E-state index contributed by atoms with van der Waals surface area (Å²) in [7, 11) is 0. The van der Waals surface area contributed by atoms with Crippen molar-refractivity contribution in [1.29, 1.82) is 0 Å². The number of rotatable bonds is 4. The summed E-state index contributed by atoms with van der Waals surface area (Å²) in [5.41, 5.74) is 2.51. The van der Waals surface area contributed by atoms with Gasteiger partial charge in [-0.2, -0.15) is 4.99 Å². The molecule has 2 amide bonds. The van der Waals surface area contributed by atoms with E-state index in [0.29, 0.717) is 17.0 Å². The number of benzene rings is 3. The van der Waals surface area contributed by atoms with Crippen LogP contribution in [0.1, 0.15) is 12.5 Å². The van der Waals surface area contributed by atoms with Gasteiger partial charge in [0.05, 0.1) is 23.2 Å². The zero-order chi connectivity index (χ0) is 21.1. The highest BCUT2D eigenvalue weighted by Gasteiger charge is 2.10. The zero-order valence-corrected chi connectivity index (χ0v) is 17.2. The smallest absolute Gasteiger partial charge is 0.252 e. The summed E-state index contributed by atoms with van der Waals surface area (Å²) in [5, 5.41) is 4.92. The summed E-state index contributed by atoms with van der Waals surface area (Å²) in [6.45, 7) is 1.77. The second kappa shape index (κ2) is 8.36. The Bertz CT molecular complexity index is 1380. The topological polar surface area (TPSA) is 63.5 Å². The second-order valence-corrected chi connectivity index (χ2v) is 7.87. The van der Waals surface area contributed by atoms with Gasteiger partial charge >= 0.3 is 0 Å². The van der Waals surface area contributed by atoms with Crippen molar-refractivity contribution in [2.24, 2.45) is 4.99 Å². The van der Waals surface area contributed by atoms with Crippen LogP contribution in [0.5, 0.6) is 0 Å². The Morgan fingerprint density at radius 2 is 1.93 bits per heavy atom. The highest BCUT2D eigenvalue weighted by Crippen LogP contribution is 2.22. The molecule has 0 aliphatic carbocycles. The van der Waals surface area contributed by atoms with Crippen molar-refractivity contribution < 1.29 is 9.59 Å². The van der Waals surface area contributed by atoms with E-state index < -0.39 is 0 Å². The molecule has 0 spiro atoms. The lowest BCUT2D eigenvalue weighted by Gasteiger charge is -2.04. The normalized spacial score (nSPS) is 11.5. The fourth-order valence-electron chi connectivity index (χ4n) is 3.44. The van der Waals surface area contributed by atoms with Crippen LogP contribution in [0.15, 0.2) is 65.7 Å². The first-order valence-electron chi connectivity index (χ1n) is 9.44. The number of hydrogen-bond donors (Lipinski definition) is 1. The Labute approximate surface area is 177 Å². The van der Waals surface area contributed by atoms with Gasteiger partial charge in [-0.15, -0.1) is 6.42 Å². The van der Waals surface area contributed by atoms with E-state index in [1.165, 1.54) is 18.3 Å². The number of terminal acetylenes is 1. The maximum Gasteiger partial charge on any atom is 0.252 e. The van der Waals surface area contributed by atoms with Gasteiger partial charge in [0.15, 0.2) is 4.80 Å². The molecule has 6 heteroatoms. The molecule has 5 nitrogen and oxygen atoms in total. The summed E-state index contributed by atoms with van der Waals surface area (Å²) >= 11 is 1.38. The number of thiazole rings is 1. The van der Waals surface area contributed by atoms with Gasteiger partial charge in [-0.3, -0.25) is 9.59 Å². The van der Waals surface area contributed by atoms with Crippen molar-refractivity contribution in [3.8, 4) is 12.3 Å². The van der Waals surface area contributed by atoms with Crippen molar-refractivity contribution in [1.82, 2.24) is 4.57 Å². The summed E-state index contributed by atoms with van der Waals surface area (Å²) in [6, 6.07) is 19.5. The van der Waals surface area contributed by atoms with Crippen LogP contribution in [0.4, 0.5) is 5.69 Å². The monoisotopic (exact) mass is 413 g/mol. The minimum Gasteiger partial charge on any atom is -0.326 e. The highest BCUT2D eigenvalue weighted by molar-refractivity contribution is 7.16. The first-order valence-corrected chi connectivity index (χ1v) is 10.3. The Balaban J connectivity index is 1.73. The molecule has 3 aromatic carbocycles. The first kappa shape index (κ1) is 19.6. The molecule has 0 unspecified atom stereocenters. The first-order chi connectivity index (χ1) is 14.5. The molecule has 4 aromatic rings. The molecule has 0 atom stereocenters. The van der Waals surface area contributed by atoms with Crippen LogP contribution in [0.3, 0.4) is 0 Å². The van der Waals surface area contributed by atoms with Crippen LogP contribution in [-0.2, 0) is 22.6 Å². The zero-order valence-electron chi connectivity index (χ0n) is 16.4. The maximum absolute atomic E-state index is 12.8. The second-order valence-electron chi connectivity index (χ2n) is 6.86. The van der Waals surface area contributed by atoms with Gasteiger partial charge in [0.2, 0.25) is 5.91 Å². The molecule has 148 valence electrons. The standard InChI is InChI=1S/C24H19N3O2S/c1-3-13-27-21-12-11-19(25-16(2)28)15-22(21)30-24(27)26-23(29)14-18-9-6-8-17-7-4-5-10-20(17)18/h1,4-12,15H,13-14H2,2H3,(H,25,28). The van der Waals surface area contributed by atoms with E-state index in [4.69, 9.17) is 6.42 Å². The number of carbonyl (C=O) groups excluding carboxylic acids is 2. The molecule has 0 aliphatic heterocycles. The SMILES string of the molecule is C#CCn1c(=NC(=O)Cc2cccc3ccccc23)sc2cc(NC(C)=O)ccc21. The summed E-state index contributed by atoms with van der Waals surface area (Å²) < 4.78 is 2.74. The molecule has 0 fully saturated rings. The lowest BCUT2D eigenvalue weighted by molar-refractivity contribution is -0.117. The number of nitrogens with one attached hydrogen (secondary N) is 1. The van der Waals surface area contributed by atoms with E-state index in [2.05, 4.69) is 16.2 Å². The van der Waals surface area contributed by atoms with Gasteiger partial charge < -0.3 is 9.88 Å². The minimum atomic E-state index is -0.231. The molecule has 30 heavy (non-hydrogen) atoms. The highest BCUT2D eigenvalue weighted by atomic mass is 32.1. The largest absolute Gasteiger partial charge is 0.326 e. The van der Waals surface area contributed by atoms with Crippen molar-refractivity contribution in [3.63, 3.8) is 0 Å². The van der Waals surface area contributed by atoms with Gasteiger partial charge in [0, 0.05) is 12.6 Å². The van der Waals surface area contributed by atoms with Crippen LogP contribution in [0.2, 0.25) is 0 Å². The van der Waals surface area contributed by atoms with Gasteiger partial charge in [0.25, 0.3) is 5.91 Å². The Morgan fingerprint density at radius 1 is 1.13 bits per heavy atom. The minimum absolute atomic E-state index is 0.141. The van der Waals surface area contributed by atoms with Gasteiger partial charge in [-0.05, 0) is 34.5 Å². The quantitative estimate of drug-likeness (QED) is 0.512. The predicted octanol–water partition coefficient (Wildman–Crippen LogP) is 4.12. The fraction of sp³-hybridized carbons (Fsp3) is 0.125. The molecule has 0 bridgehead atoms. The average Bonchev–Trinajstić information content (AvgIpc) is 3.04. The number of hydrogen-bond acceptors (Lipinski definition) is 3. The molecule has 1 aromatic heterocycles. The number of aromatic nitrogens is 1. The third-order valence-corrected chi connectivity index (χ3v) is 5.74. The fourth-order valence-corrected chi connectivity index (χ4v) is 4.53. The Morgan fingerprint density at radius 3 is 2.73 bits per heavy atom. The molecule has 0 saturated carbocycles. The van der Waals surface area contributed by atoms with Crippen LogP contribution in [-0.4, -0.2) is 16.4 Å². The predicted molar refractivity (Wildman–Crippen MR) is 121 cm³/mol. The van der Waals surface area contributed by atoms with Crippen molar-refractivity contribution in [2.45, 2.75) is 19.9 Å². The van der Waals surface area contributed by atoms with Crippen molar-refractivity contribution in [2.75, 3.05) is 5.32 Å². The lowest BCUT2D eigenvalue weighted by atomic mass is 10.0. The van der Waals surface area contributed by atoms with Crippen molar-refractivity contribution >= 4 is 49.8 Å². The number of amides is 2. The molecular formula is C24H19N3O2S. The van der Waals surface area contributed by atoms with Crippen LogP contribution in [0, 0.1) is 12.3 Å². The third kappa shape index (κ3) is 4.02. The molecule has 0 saturated heterocycles. The van der Waals surface area contributed by atoms with Crippen LogP contribution in [0.25, 0.3) is 21.0 Å². The third-order valence-electron chi connectivity index (χ3n) is 4.69. The van der Waals surface area contributed by atoms with E-state index >= 15 is 0 Å². The van der Waals surface area contributed by atoms with Crippen LogP contribution < -0.4 is 10.1 Å². The number of anilines is 1. The van der Waals surface area contributed by atoms with E-state index in [0.717, 1.165) is 26.6 Å². The molecule has 0 radical (unpaired) electrons. The summed E-state index contributed by atoms with van der Waals surface area (Å²) in [5.74, 6) is 2.25. The lowest BCUT2D eigenvalue weighted by Crippen LogP contribution is -2.17. The summed E-state index contributed by atoms with van der Waals surface area (Å²) in [4.78, 5) is 29.0. The molecule has 1 N–H and O–H groups in total.